The van der Waals surface area contributed by atoms with Gasteiger partial charge in [-0.2, -0.15) is 17.0 Å². The first-order valence-corrected chi connectivity index (χ1v) is 12.0. The summed E-state index contributed by atoms with van der Waals surface area (Å²) in [6.45, 7) is 3.88. The minimum Gasteiger partial charge on any atom is -0.355 e. The van der Waals surface area contributed by atoms with Gasteiger partial charge < -0.3 is 10.2 Å². The Hall–Kier alpha value is -1.19. The van der Waals surface area contributed by atoms with Gasteiger partial charge in [-0.05, 0) is 25.2 Å². The summed E-state index contributed by atoms with van der Waals surface area (Å²) in [4.78, 5) is 25.9. The lowest BCUT2D eigenvalue weighted by atomic mass is 9.96. The average molecular weight is 415 g/mol. The number of nitrogens with zero attached hydrogens (tertiary/aromatic N) is 3. The summed E-state index contributed by atoms with van der Waals surface area (Å²) < 4.78 is 28.9. The fourth-order valence-corrected chi connectivity index (χ4v) is 5.83. The Morgan fingerprint density at radius 1 is 1.07 bits per heavy atom. The maximum absolute atomic E-state index is 12.9. The first-order valence-electron chi connectivity index (χ1n) is 10.6. The van der Waals surface area contributed by atoms with Crippen LogP contribution in [-0.4, -0.2) is 79.6 Å². The summed E-state index contributed by atoms with van der Waals surface area (Å²) in [5, 5.41) is 2.83. The van der Waals surface area contributed by atoms with E-state index in [0.717, 1.165) is 32.1 Å². The van der Waals surface area contributed by atoms with Gasteiger partial charge in [0.25, 0.3) is 10.2 Å². The molecule has 160 valence electrons. The molecule has 1 saturated heterocycles. The molecule has 0 spiro atoms. The molecule has 3 aliphatic rings. The van der Waals surface area contributed by atoms with Crippen LogP contribution >= 0.6 is 0 Å². The molecular formula is C19H34N4O4S. The number of hydrogen-bond acceptors (Lipinski definition) is 4. The smallest absolute Gasteiger partial charge is 0.282 e. The van der Waals surface area contributed by atoms with Crippen LogP contribution < -0.4 is 5.32 Å². The number of carbonyl (C=O) groups is 2. The summed E-state index contributed by atoms with van der Waals surface area (Å²) >= 11 is 0. The predicted molar refractivity (Wildman–Crippen MR) is 107 cm³/mol. The van der Waals surface area contributed by atoms with Gasteiger partial charge in [0.1, 0.15) is 0 Å². The fraction of sp³-hybridized carbons (Fsp3) is 0.895. The zero-order chi connectivity index (χ0) is 20.3. The summed E-state index contributed by atoms with van der Waals surface area (Å²) in [6, 6.07) is 0.0937. The van der Waals surface area contributed by atoms with E-state index in [1.54, 1.807) is 11.9 Å². The van der Waals surface area contributed by atoms with E-state index in [1.807, 2.05) is 0 Å². The van der Waals surface area contributed by atoms with Gasteiger partial charge in [-0.15, -0.1) is 0 Å². The molecule has 0 aromatic heterocycles. The average Bonchev–Trinajstić information content (AvgIpc) is 3.44. The highest BCUT2D eigenvalue weighted by Crippen LogP contribution is 2.37. The van der Waals surface area contributed by atoms with Gasteiger partial charge in [0.2, 0.25) is 11.8 Å². The molecule has 1 N–H and O–H groups in total. The molecule has 9 heteroatoms. The lowest BCUT2D eigenvalue weighted by Gasteiger charge is -2.38. The molecule has 2 atom stereocenters. The van der Waals surface area contributed by atoms with Crippen molar-refractivity contribution >= 4 is 22.0 Å². The monoisotopic (exact) mass is 414 g/mol. The van der Waals surface area contributed by atoms with Crippen LogP contribution in [-0.2, 0) is 19.8 Å². The topological polar surface area (TPSA) is 90.0 Å². The Morgan fingerprint density at radius 3 is 2.25 bits per heavy atom. The van der Waals surface area contributed by atoms with Crippen LogP contribution in [0.3, 0.4) is 0 Å². The molecular weight excluding hydrogens is 380 g/mol. The van der Waals surface area contributed by atoms with Crippen molar-refractivity contribution in [3.63, 3.8) is 0 Å². The van der Waals surface area contributed by atoms with Crippen LogP contribution in [0.5, 0.6) is 0 Å². The maximum atomic E-state index is 12.9. The fourth-order valence-electron chi connectivity index (χ4n) is 4.25. The second-order valence-corrected chi connectivity index (χ2v) is 10.4. The molecule has 0 aromatic carbocycles. The second kappa shape index (κ2) is 9.09. The predicted octanol–water partition coefficient (Wildman–Crippen LogP) is 0.802. The van der Waals surface area contributed by atoms with Gasteiger partial charge in [0.05, 0.1) is 0 Å². The Labute approximate surface area is 168 Å². The van der Waals surface area contributed by atoms with Crippen molar-refractivity contribution in [2.24, 2.45) is 11.8 Å². The lowest BCUT2D eigenvalue weighted by Crippen LogP contribution is -2.55. The quantitative estimate of drug-likeness (QED) is 0.667. The number of nitrogens with one attached hydrogen (secondary N) is 1. The standard InChI is InChI=1S/C19H34N4O4S/c1-15-14-17(15)19(25)20-9-8-18(24)22-10-12-23(13-11-22)28(26,27)21(2)16-6-4-3-5-7-16/h15-17H,3-14H2,1-2H3,(H,20,25). The van der Waals surface area contributed by atoms with E-state index < -0.39 is 10.2 Å². The number of amides is 2. The van der Waals surface area contributed by atoms with Crippen LogP contribution in [0.15, 0.2) is 0 Å². The zero-order valence-electron chi connectivity index (χ0n) is 17.1. The van der Waals surface area contributed by atoms with Crippen LogP contribution in [0.2, 0.25) is 0 Å². The molecule has 0 radical (unpaired) electrons. The van der Waals surface area contributed by atoms with Crippen molar-refractivity contribution in [1.82, 2.24) is 18.8 Å². The molecule has 2 amide bonds. The minimum absolute atomic E-state index is 0.0261. The van der Waals surface area contributed by atoms with E-state index in [4.69, 9.17) is 0 Å². The van der Waals surface area contributed by atoms with Gasteiger partial charge in [0.15, 0.2) is 0 Å². The Morgan fingerprint density at radius 2 is 1.68 bits per heavy atom. The van der Waals surface area contributed by atoms with Crippen LogP contribution in [0.25, 0.3) is 0 Å². The van der Waals surface area contributed by atoms with E-state index >= 15 is 0 Å². The minimum atomic E-state index is -3.48. The van der Waals surface area contributed by atoms with Crippen LogP contribution in [0, 0.1) is 11.8 Å². The van der Waals surface area contributed by atoms with Crippen LogP contribution in [0.1, 0.15) is 51.9 Å². The van der Waals surface area contributed by atoms with E-state index in [0.29, 0.717) is 38.6 Å². The number of piperazine rings is 1. The molecule has 2 aliphatic carbocycles. The summed E-state index contributed by atoms with van der Waals surface area (Å²) in [6.07, 6.45) is 6.42. The SMILES string of the molecule is CC1CC1C(=O)NCCC(=O)N1CCN(S(=O)(=O)N(C)C2CCCCC2)CC1. The van der Waals surface area contributed by atoms with Gasteiger partial charge in [-0.25, -0.2) is 0 Å². The molecule has 1 heterocycles. The van der Waals surface area contributed by atoms with Crippen molar-refractivity contribution in [3.05, 3.63) is 0 Å². The molecule has 2 saturated carbocycles. The zero-order valence-corrected chi connectivity index (χ0v) is 17.9. The Balaban J connectivity index is 1.41. The number of rotatable bonds is 7. The van der Waals surface area contributed by atoms with Gasteiger partial charge in [0, 0.05) is 58.2 Å². The molecule has 8 nitrogen and oxygen atoms in total. The van der Waals surface area contributed by atoms with Crippen molar-refractivity contribution < 1.29 is 18.0 Å². The third-order valence-corrected chi connectivity index (χ3v) is 8.50. The van der Waals surface area contributed by atoms with Crippen molar-refractivity contribution in [2.45, 2.75) is 57.9 Å². The Bertz CT molecular complexity index is 669. The molecule has 2 unspecified atom stereocenters. The summed E-state index contributed by atoms with van der Waals surface area (Å²) in [5.74, 6) is 0.589. The number of carbonyl (C=O) groups excluding carboxylic acids is 2. The maximum Gasteiger partial charge on any atom is 0.282 e. The Kier molecular flexibility index (Phi) is 6.98. The highest BCUT2D eigenvalue weighted by molar-refractivity contribution is 7.86. The molecule has 1 aliphatic heterocycles. The second-order valence-electron chi connectivity index (χ2n) is 8.46. The van der Waals surface area contributed by atoms with E-state index in [1.165, 1.54) is 15.0 Å². The normalized spacial score (nSPS) is 27.0. The van der Waals surface area contributed by atoms with Crippen LogP contribution in [0.4, 0.5) is 0 Å². The van der Waals surface area contributed by atoms with E-state index in [2.05, 4.69) is 12.2 Å². The highest BCUT2D eigenvalue weighted by Gasteiger charge is 2.39. The molecule has 3 rings (SSSR count). The largest absolute Gasteiger partial charge is 0.355 e. The van der Waals surface area contributed by atoms with Gasteiger partial charge >= 0.3 is 0 Å². The lowest BCUT2D eigenvalue weighted by molar-refractivity contribution is -0.132. The molecule has 28 heavy (non-hydrogen) atoms. The van der Waals surface area contributed by atoms with Gasteiger partial charge in [-0.3, -0.25) is 9.59 Å². The van der Waals surface area contributed by atoms with Gasteiger partial charge in [-0.1, -0.05) is 26.2 Å². The van der Waals surface area contributed by atoms with Crippen molar-refractivity contribution in [2.75, 3.05) is 39.8 Å². The molecule has 0 bridgehead atoms. The third kappa shape index (κ3) is 5.04. The molecule has 0 aromatic rings. The third-order valence-electron chi connectivity index (χ3n) is 6.45. The molecule has 3 fully saturated rings. The highest BCUT2D eigenvalue weighted by atomic mass is 32.2. The van der Waals surface area contributed by atoms with Crippen molar-refractivity contribution in [3.8, 4) is 0 Å². The number of hydrogen-bond donors (Lipinski definition) is 1. The van der Waals surface area contributed by atoms with Crippen molar-refractivity contribution in [1.29, 1.82) is 0 Å². The first-order chi connectivity index (χ1) is 13.3. The summed E-state index contributed by atoms with van der Waals surface area (Å²) in [5.41, 5.74) is 0. The van der Waals surface area contributed by atoms with E-state index in [-0.39, 0.29) is 30.2 Å². The first kappa shape index (κ1) is 21.5. The summed E-state index contributed by atoms with van der Waals surface area (Å²) in [7, 11) is -1.79. The van der Waals surface area contributed by atoms with E-state index in [9.17, 15) is 18.0 Å².